The van der Waals surface area contributed by atoms with Crippen LogP contribution in [0.1, 0.15) is 17.5 Å². The smallest absolute Gasteiger partial charge is 0.259 e. The van der Waals surface area contributed by atoms with Crippen LogP contribution in [0.4, 0.5) is 17.1 Å². The number of aryl methyl sites for hydroxylation is 1. The highest BCUT2D eigenvalue weighted by molar-refractivity contribution is 9.10. The summed E-state index contributed by atoms with van der Waals surface area (Å²) in [4.78, 5) is 22.4. The Morgan fingerprint density at radius 1 is 1.06 bits per heavy atom. The Morgan fingerprint density at radius 3 is 2.47 bits per heavy atom. The van der Waals surface area contributed by atoms with Crippen LogP contribution >= 0.6 is 15.9 Å². The highest BCUT2D eigenvalue weighted by atomic mass is 79.9. The minimum atomic E-state index is -0.680. The number of para-hydroxylation sites is 3. The Labute approximate surface area is 196 Å². The first-order chi connectivity index (χ1) is 15.5. The molecule has 1 fully saturated rings. The van der Waals surface area contributed by atoms with E-state index in [0.29, 0.717) is 6.42 Å². The topological polar surface area (TPSA) is 45.1 Å². The van der Waals surface area contributed by atoms with Gasteiger partial charge in [0.1, 0.15) is 11.4 Å². The van der Waals surface area contributed by atoms with Crippen molar-refractivity contribution in [1.29, 1.82) is 0 Å². The third-order valence-electron chi connectivity index (χ3n) is 6.47. The van der Waals surface area contributed by atoms with Crippen molar-refractivity contribution >= 4 is 44.7 Å². The van der Waals surface area contributed by atoms with Gasteiger partial charge < -0.3 is 9.64 Å². The van der Waals surface area contributed by atoms with Crippen molar-refractivity contribution in [2.24, 2.45) is 4.99 Å². The number of hydrogen-bond acceptors (Lipinski definition) is 4. The van der Waals surface area contributed by atoms with Gasteiger partial charge in [0.15, 0.2) is 6.10 Å². The number of nitrogens with zero attached hydrogens (tertiary/aromatic N) is 3. The van der Waals surface area contributed by atoms with Gasteiger partial charge in [-0.2, -0.15) is 0 Å². The van der Waals surface area contributed by atoms with Gasteiger partial charge in [-0.3, -0.25) is 9.69 Å². The number of carbonyl (C=O) groups excluding carboxylic acids is 1. The van der Waals surface area contributed by atoms with E-state index in [1.54, 1.807) is 7.11 Å². The van der Waals surface area contributed by atoms with Gasteiger partial charge in [-0.15, -0.1) is 0 Å². The lowest BCUT2D eigenvalue weighted by Gasteiger charge is -2.56. The molecule has 2 unspecified atom stereocenters. The van der Waals surface area contributed by atoms with E-state index in [9.17, 15) is 4.79 Å². The molecule has 2 aliphatic heterocycles. The Kier molecular flexibility index (Phi) is 5.14. The molecule has 2 heterocycles. The predicted molar refractivity (Wildman–Crippen MR) is 132 cm³/mol. The summed E-state index contributed by atoms with van der Waals surface area (Å²) in [6.07, 6.45) is -0.0681. The molecule has 0 radical (unpaired) electrons. The second-order valence-corrected chi connectivity index (χ2v) is 9.14. The number of methoxy groups -OCH3 is 1. The number of aliphatic imine (C=N–C) groups is 1. The number of hydrogen-bond donors (Lipinski definition) is 0. The number of halogens is 1. The summed E-state index contributed by atoms with van der Waals surface area (Å²) in [5, 5.41) is 0. The number of amides is 1. The summed E-state index contributed by atoms with van der Waals surface area (Å²) < 4.78 is 6.79. The molecule has 32 heavy (non-hydrogen) atoms. The van der Waals surface area contributed by atoms with E-state index in [2.05, 4.69) is 58.1 Å². The lowest BCUT2D eigenvalue weighted by atomic mass is 9.71. The molecule has 5 rings (SSSR count). The molecule has 6 heteroatoms. The number of amidine groups is 1. The monoisotopic (exact) mass is 489 g/mol. The van der Waals surface area contributed by atoms with Crippen LogP contribution in [0, 0.1) is 6.92 Å². The third-order valence-corrected chi connectivity index (χ3v) is 7.14. The maximum atomic E-state index is 13.3. The maximum absolute atomic E-state index is 13.3. The summed E-state index contributed by atoms with van der Waals surface area (Å²) in [5.41, 5.74) is 4.13. The van der Waals surface area contributed by atoms with Crippen LogP contribution in [0.3, 0.4) is 0 Å². The Hall–Kier alpha value is -2.96. The minimum Gasteiger partial charge on any atom is -0.369 e. The third kappa shape index (κ3) is 3.01. The number of rotatable bonds is 3. The van der Waals surface area contributed by atoms with E-state index in [1.807, 2.05) is 54.4 Å². The molecule has 2 aliphatic rings. The van der Waals surface area contributed by atoms with Crippen LogP contribution in [0.25, 0.3) is 0 Å². The molecular formula is C26H24BrN3O2. The van der Waals surface area contributed by atoms with Crippen LogP contribution in [-0.2, 0) is 15.1 Å². The summed E-state index contributed by atoms with van der Waals surface area (Å²) >= 11 is 3.67. The van der Waals surface area contributed by atoms with Gasteiger partial charge in [-0.1, -0.05) is 54.1 Å². The normalized spacial score (nSPS) is 21.8. The van der Waals surface area contributed by atoms with Crippen molar-refractivity contribution in [1.82, 2.24) is 0 Å². The van der Waals surface area contributed by atoms with Crippen LogP contribution in [-0.4, -0.2) is 32.0 Å². The number of β-lactam (4-membered cyclic amide) rings is 1. The minimum absolute atomic E-state index is 0.0412. The van der Waals surface area contributed by atoms with E-state index >= 15 is 0 Å². The molecule has 1 saturated heterocycles. The predicted octanol–water partition coefficient (Wildman–Crippen LogP) is 5.58. The molecule has 0 aromatic heterocycles. The van der Waals surface area contributed by atoms with Crippen molar-refractivity contribution in [3.05, 3.63) is 88.4 Å². The van der Waals surface area contributed by atoms with E-state index < -0.39 is 11.6 Å². The molecule has 3 aromatic carbocycles. The number of ether oxygens (including phenoxy) is 1. The summed E-state index contributed by atoms with van der Waals surface area (Å²) in [7, 11) is 3.63. The van der Waals surface area contributed by atoms with Crippen LogP contribution in [0.5, 0.6) is 0 Å². The van der Waals surface area contributed by atoms with Gasteiger partial charge in [0.25, 0.3) is 5.91 Å². The fourth-order valence-corrected chi connectivity index (χ4v) is 5.37. The van der Waals surface area contributed by atoms with E-state index in [0.717, 1.165) is 32.9 Å². The Bertz CT molecular complexity index is 1220. The molecule has 1 amide bonds. The Balaban J connectivity index is 1.73. The molecule has 2 atom stereocenters. The van der Waals surface area contributed by atoms with Crippen molar-refractivity contribution in [3.8, 4) is 0 Å². The SMILES string of the molecule is COC1C(=O)N2c3ccccc3N=C(N(C)c3ccccc3Br)CC12c1ccc(C)cc1. The average molecular weight is 490 g/mol. The zero-order valence-electron chi connectivity index (χ0n) is 18.2. The van der Waals surface area contributed by atoms with Gasteiger partial charge in [0.05, 0.1) is 17.1 Å². The standard InChI is InChI=1S/C26H24BrN3O2/c1-17-12-14-18(15-13-17)26-16-23(29(2)21-10-6-4-8-19(21)27)28-20-9-5-7-11-22(20)30(26)25(31)24(26)32-3/h4-15,24H,16H2,1-3H3. The van der Waals surface area contributed by atoms with E-state index in [-0.39, 0.29) is 5.91 Å². The molecule has 0 N–H and O–H groups in total. The number of carbonyl (C=O) groups is 1. The van der Waals surface area contributed by atoms with Gasteiger partial charge in [-0.05, 0) is 52.7 Å². The molecule has 0 bridgehead atoms. The van der Waals surface area contributed by atoms with Gasteiger partial charge in [-0.25, -0.2) is 4.99 Å². The number of fused-ring (bicyclic) bond motifs is 3. The fraction of sp³-hybridized carbons (Fsp3) is 0.231. The summed E-state index contributed by atoms with van der Waals surface area (Å²) in [6, 6.07) is 24.3. The highest BCUT2D eigenvalue weighted by Crippen LogP contribution is 2.53. The number of benzene rings is 3. The second-order valence-electron chi connectivity index (χ2n) is 8.28. The molecule has 0 aliphatic carbocycles. The molecule has 3 aromatic rings. The van der Waals surface area contributed by atoms with E-state index in [1.165, 1.54) is 5.56 Å². The van der Waals surface area contributed by atoms with Crippen molar-refractivity contribution in [2.75, 3.05) is 24.0 Å². The van der Waals surface area contributed by atoms with Crippen molar-refractivity contribution in [3.63, 3.8) is 0 Å². The quantitative estimate of drug-likeness (QED) is 0.450. The maximum Gasteiger partial charge on any atom is 0.259 e. The molecule has 5 nitrogen and oxygen atoms in total. The van der Waals surface area contributed by atoms with Gasteiger partial charge in [0.2, 0.25) is 0 Å². The molecule has 0 spiro atoms. The molecular weight excluding hydrogens is 466 g/mol. The first kappa shape index (κ1) is 20.9. The zero-order valence-corrected chi connectivity index (χ0v) is 19.8. The van der Waals surface area contributed by atoms with Crippen LogP contribution in [0.2, 0.25) is 0 Å². The lowest BCUT2D eigenvalue weighted by Crippen LogP contribution is -2.74. The van der Waals surface area contributed by atoms with E-state index in [4.69, 9.17) is 9.73 Å². The summed E-state index contributed by atoms with van der Waals surface area (Å²) in [6.45, 7) is 2.06. The lowest BCUT2D eigenvalue weighted by molar-refractivity contribution is -0.147. The first-order valence-corrected chi connectivity index (χ1v) is 11.4. The Morgan fingerprint density at radius 2 is 1.75 bits per heavy atom. The number of anilines is 2. The first-order valence-electron chi connectivity index (χ1n) is 10.6. The summed E-state index contributed by atoms with van der Waals surface area (Å²) in [5.74, 6) is 0.822. The highest BCUT2D eigenvalue weighted by Gasteiger charge is 2.64. The molecule has 162 valence electrons. The van der Waals surface area contributed by atoms with Crippen molar-refractivity contribution in [2.45, 2.75) is 25.0 Å². The average Bonchev–Trinajstić information content (AvgIpc) is 2.92. The van der Waals surface area contributed by atoms with Gasteiger partial charge >= 0.3 is 0 Å². The van der Waals surface area contributed by atoms with Gasteiger partial charge in [0, 0.05) is 25.1 Å². The van der Waals surface area contributed by atoms with Crippen LogP contribution < -0.4 is 9.80 Å². The largest absolute Gasteiger partial charge is 0.369 e. The second kappa shape index (κ2) is 7.87. The molecule has 0 saturated carbocycles. The van der Waals surface area contributed by atoms with Crippen LogP contribution in [0.15, 0.2) is 82.3 Å². The zero-order chi connectivity index (χ0) is 22.5. The van der Waals surface area contributed by atoms with Crippen molar-refractivity contribution < 1.29 is 9.53 Å². The fourth-order valence-electron chi connectivity index (χ4n) is 4.82.